The third kappa shape index (κ3) is 5.93. The van der Waals surface area contributed by atoms with Gasteiger partial charge in [-0.3, -0.25) is 9.59 Å². The zero-order valence-electron chi connectivity index (χ0n) is 18.5. The molecule has 156 valence electrons. The van der Waals surface area contributed by atoms with Crippen LogP contribution in [0, 0.1) is 5.92 Å². The van der Waals surface area contributed by atoms with E-state index >= 15 is 0 Å². The molecular formula is C25H34N2O2. The number of nitrogens with zero attached hydrogens (tertiary/aromatic N) is 1. The summed E-state index contributed by atoms with van der Waals surface area (Å²) in [6, 6.07) is 18.3. The molecule has 0 aliphatic heterocycles. The Balaban J connectivity index is 2.55. The first-order valence-electron chi connectivity index (χ1n) is 10.4. The van der Waals surface area contributed by atoms with Gasteiger partial charge >= 0.3 is 0 Å². The van der Waals surface area contributed by atoms with E-state index in [9.17, 15) is 9.59 Å². The molecule has 0 aliphatic rings. The summed E-state index contributed by atoms with van der Waals surface area (Å²) in [6.45, 7) is 12.0. The van der Waals surface area contributed by atoms with Gasteiger partial charge in [-0.05, 0) is 51.3 Å². The predicted octanol–water partition coefficient (Wildman–Crippen LogP) is 5.22. The summed E-state index contributed by atoms with van der Waals surface area (Å²) < 4.78 is 0. The van der Waals surface area contributed by atoms with Crippen molar-refractivity contribution in [2.45, 2.75) is 65.6 Å². The first kappa shape index (κ1) is 22.7. The van der Waals surface area contributed by atoms with Crippen LogP contribution in [-0.2, 0) is 4.79 Å². The van der Waals surface area contributed by atoms with E-state index in [-0.39, 0.29) is 29.3 Å². The summed E-state index contributed by atoms with van der Waals surface area (Å²) in [7, 11) is 0. The van der Waals surface area contributed by atoms with Crippen molar-refractivity contribution >= 4 is 11.8 Å². The fraction of sp³-hybridized carbons (Fsp3) is 0.440. The van der Waals surface area contributed by atoms with Crippen LogP contribution in [0.3, 0.4) is 0 Å². The van der Waals surface area contributed by atoms with E-state index in [0.717, 1.165) is 12.0 Å². The Bertz CT molecular complexity index is 797. The topological polar surface area (TPSA) is 49.4 Å². The molecule has 29 heavy (non-hydrogen) atoms. The second-order valence-corrected chi connectivity index (χ2v) is 8.73. The van der Waals surface area contributed by atoms with Crippen LogP contribution < -0.4 is 5.32 Å². The Morgan fingerprint density at radius 2 is 1.45 bits per heavy atom. The molecule has 0 spiro atoms. The smallest absolute Gasteiger partial charge is 0.255 e. The van der Waals surface area contributed by atoms with Gasteiger partial charge in [-0.1, -0.05) is 68.8 Å². The highest BCUT2D eigenvalue weighted by atomic mass is 16.2. The Kier molecular flexibility index (Phi) is 7.60. The summed E-state index contributed by atoms with van der Waals surface area (Å²) in [5.74, 6) is -0.230. The number of benzene rings is 2. The van der Waals surface area contributed by atoms with Crippen molar-refractivity contribution in [3.05, 3.63) is 71.8 Å². The van der Waals surface area contributed by atoms with Gasteiger partial charge in [-0.2, -0.15) is 0 Å². The molecule has 4 nitrogen and oxygen atoms in total. The number of hydrogen-bond donors (Lipinski definition) is 1. The lowest BCUT2D eigenvalue weighted by Gasteiger charge is -2.40. The zero-order chi connectivity index (χ0) is 21.6. The normalized spacial score (nSPS) is 14.6. The molecule has 0 unspecified atom stereocenters. The van der Waals surface area contributed by atoms with Crippen LogP contribution in [0.25, 0.3) is 0 Å². The molecular weight excluding hydrogens is 360 g/mol. The van der Waals surface area contributed by atoms with E-state index < -0.39 is 6.04 Å². The van der Waals surface area contributed by atoms with E-state index in [4.69, 9.17) is 0 Å². The van der Waals surface area contributed by atoms with Crippen molar-refractivity contribution in [2.24, 2.45) is 5.92 Å². The third-order valence-electron chi connectivity index (χ3n) is 5.20. The van der Waals surface area contributed by atoms with Gasteiger partial charge in [0.1, 0.15) is 6.04 Å². The second kappa shape index (κ2) is 9.73. The van der Waals surface area contributed by atoms with Gasteiger partial charge < -0.3 is 10.2 Å². The zero-order valence-corrected chi connectivity index (χ0v) is 18.5. The number of carbonyl (C=O) groups is 2. The van der Waals surface area contributed by atoms with E-state index in [1.54, 1.807) is 4.90 Å². The largest absolute Gasteiger partial charge is 0.350 e. The maximum atomic E-state index is 13.6. The first-order chi connectivity index (χ1) is 13.7. The number of nitrogens with one attached hydrogen (secondary N) is 1. The van der Waals surface area contributed by atoms with Crippen LogP contribution in [0.1, 0.15) is 69.9 Å². The Morgan fingerprint density at radius 1 is 0.931 bits per heavy atom. The van der Waals surface area contributed by atoms with Crippen LogP contribution in [0.5, 0.6) is 0 Å². The minimum Gasteiger partial charge on any atom is -0.350 e. The van der Waals surface area contributed by atoms with Crippen LogP contribution in [0.2, 0.25) is 0 Å². The molecule has 1 N–H and O–H groups in total. The molecule has 3 atom stereocenters. The number of amides is 2. The quantitative estimate of drug-likeness (QED) is 0.700. The summed E-state index contributed by atoms with van der Waals surface area (Å²) >= 11 is 0. The molecule has 0 aliphatic carbocycles. The monoisotopic (exact) mass is 394 g/mol. The molecule has 0 bridgehead atoms. The van der Waals surface area contributed by atoms with E-state index in [2.05, 4.69) is 12.2 Å². The molecule has 0 heterocycles. The lowest BCUT2D eigenvalue weighted by Crippen LogP contribution is -2.56. The minimum atomic E-state index is -0.567. The van der Waals surface area contributed by atoms with Gasteiger partial charge in [0.2, 0.25) is 5.91 Å². The fourth-order valence-corrected chi connectivity index (χ4v) is 3.49. The Hall–Kier alpha value is -2.62. The van der Waals surface area contributed by atoms with Gasteiger partial charge in [0.15, 0.2) is 0 Å². The number of carbonyl (C=O) groups excluding carboxylic acids is 2. The average Bonchev–Trinajstić information content (AvgIpc) is 2.70. The molecule has 2 rings (SSSR count). The SMILES string of the molecule is CC[C@@H](C)[C@@H](C(=O)NC(C)(C)C)N(C(=O)c1ccccc1)[C@H](C)c1ccccc1. The van der Waals surface area contributed by atoms with E-state index in [1.165, 1.54) is 0 Å². The summed E-state index contributed by atoms with van der Waals surface area (Å²) in [4.78, 5) is 28.8. The highest BCUT2D eigenvalue weighted by Gasteiger charge is 2.38. The summed E-state index contributed by atoms with van der Waals surface area (Å²) in [6.07, 6.45) is 0.794. The van der Waals surface area contributed by atoms with Gasteiger partial charge in [-0.25, -0.2) is 0 Å². The molecule has 0 saturated carbocycles. The van der Waals surface area contributed by atoms with Crippen LogP contribution in [0.15, 0.2) is 60.7 Å². The Labute approximate surface area is 175 Å². The molecule has 2 aromatic carbocycles. The van der Waals surface area contributed by atoms with E-state index in [0.29, 0.717) is 5.56 Å². The average molecular weight is 395 g/mol. The van der Waals surface area contributed by atoms with Crippen molar-refractivity contribution in [2.75, 3.05) is 0 Å². The summed E-state index contributed by atoms with van der Waals surface area (Å²) in [5.41, 5.74) is 1.22. The second-order valence-electron chi connectivity index (χ2n) is 8.73. The van der Waals surface area contributed by atoms with Gasteiger partial charge in [0.05, 0.1) is 6.04 Å². The van der Waals surface area contributed by atoms with Gasteiger partial charge in [0.25, 0.3) is 5.91 Å². The highest BCUT2D eigenvalue weighted by Crippen LogP contribution is 2.29. The molecule has 0 radical (unpaired) electrons. The lowest BCUT2D eigenvalue weighted by atomic mass is 9.92. The van der Waals surface area contributed by atoms with Crippen LogP contribution >= 0.6 is 0 Å². The van der Waals surface area contributed by atoms with Crippen molar-refractivity contribution < 1.29 is 9.59 Å². The van der Waals surface area contributed by atoms with Gasteiger partial charge in [0, 0.05) is 11.1 Å². The maximum Gasteiger partial charge on any atom is 0.255 e. The lowest BCUT2D eigenvalue weighted by molar-refractivity contribution is -0.129. The van der Waals surface area contributed by atoms with Crippen molar-refractivity contribution in [3.8, 4) is 0 Å². The molecule has 0 saturated heterocycles. The number of hydrogen-bond acceptors (Lipinski definition) is 2. The first-order valence-corrected chi connectivity index (χ1v) is 10.4. The molecule has 2 amide bonds. The molecule has 0 fully saturated rings. The molecule has 0 aromatic heterocycles. The predicted molar refractivity (Wildman–Crippen MR) is 119 cm³/mol. The standard InChI is InChI=1S/C25H34N2O2/c1-7-18(2)22(23(28)26-25(4,5)6)27(19(3)20-14-10-8-11-15-20)24(29)21-16-12-9-13-17-21/h8-19,22H,7H2,1-6H3,(H,26,28)/t18-,19-,22+/m1/s1. The fourth-order valence-electron chi connectivity index (χ4n) is 3.49. The Morgan fingerprint density at radius 3 is 1.93 bits per heavy atom. The summed E-state index contributed by atoms with van der Waals surface area (Å²) in [5, 5.41) is 3.09. The number of rotatable bonds is 7. The van der Waals surface area contributed by atoms with Crippen LogP contribution in [0.4, 0.5) is 0 Å². The van der Waals surface area contributed by atoms with Crippen molar-refractivity contribution in [1.82, 2.24) is 10.2 Å². The molecule has 4 heteroatoms. The highest BCUT2D eigenvalue weighted by molar-refractivity contribution is 5.98. The van der Waals surface area contributed by atoms with Crippen LogP contribution in [-0.4, -0.2) is 28.3 Å². The minimum absolute atomic E-state index is 0.0103. The van der Waals surface area contributed by atoms with E-state index in [1.807, 2.05) is 95.3 Å². The van der Waals surface area contributed by atoms with Gasteiger partial charge in [-0.15, -0.1) is 0 Å². The maximum absolute atomic E-state index is 13.6. The van der Waals surface area contributed by atoms with Crippen molar-refractivity contribution in [3.63, 3.8) is 0 Å². The third-order valence-corrected chi connectivity index (χ3v) is 5.20. The molecule has 2 aromatic rings. The van der Waals surface area contributed by atoms with Crippen molar-refractivity contribution in [1.29, 1.82) is 0 Å².